The zero-order valence-corrected chi connectivity index (χ0v) is 14.5. The normalized spacial score (nSPS) is 12.5. The fourth-order valence-electron chi connectivity index (χ4n) is 2.37. The Bertz CT molecular complexity index is 801. The molecular weight excluding hydrogens is 342 g/mol. The van der Waals surface area contributed by atoms with Gasteiger partial charge in [-0.2, -0.15) is 5.26 Å². The van der Waals surface area contributed by atoms with Crippen LogP contribution in [0.5, 0.6) is 11.5 Å². The standard InChI is InChI=1S/C16H17N5O3S/c1-20-11-18-19-16(20)25-10-15(22)21(6-2-5-17)12-3-4-13-14(9-12)24-8-7-23-13/h3-4,9,11H,2,6-8,10H2,1H3. The average molecular weight is 359 g/mol. The molecule has 0 radical (unpaired) electrons. The molecule has 2 heterocycles. The van der Waals surface area contributed by atoms with E-state index in [2.05, 4.69) is 16.3 Å². The number of ether oxygens (including phenoxy) is 2. The molecule has 1 aliphatic heterocycles. The summed E-state index contributed by atoms with van der Waals surface area (Å²) < 4.78 is 12.8. The summed E-state index contributed by atoms with van der Waals surface area (Å²) in [6, 6.07) is 7.44. The molecule has 0 saturated carbocycles. The molecule has 1 aromatic heterocycles. The molecule has 0 saturated heterocycles. The lowest BCUT2D eigenvalue weighted by atomic mass is 10.2. The van der Waals surface area contributed by atoms with Gasteiger partial charge in [0.25, 0.3) is 0 Å². The van der Waals surface area contributed by atoms with Crippen LogP contribution < -0.4 is 14.4 Å². The highest BCUT2D eigenvalue weighted by Gasteiger charge is 2.20. The summed E-state index contributed by atoms with van der Waals surface area (Å²) in [5, 5.41) is 17.3. The largest absolute Gasteiger partial charge is 0.486 e. The van der Waals surface area contributed by atoms with Crippen molar-refractivity contribution in [1.29, 1.82) is 5.26 Å². The molecule has 0 aliphatic carbocycles. The van der Waals surface area contributed by atoms with Crippen molar-refractivity contribution in [2.75, 3.05) is 30.4 Å². The Morgan fingerprint density at radius 2 is 2.20 bits per heavy atom. The van der Waals surface area contributed by atoms with Crippen LogP contribution in [-0.4, -0.2) is 46.2 Å². The molecule has 2 aromatic rings. The lowest BCUT2D eigenvalue weighted by Gasteiger charge is -2.24. The van der Waals surface area contributed by atoms with E-state index in [1.165, 1.54) is 11.8 Å². The highest BCUT2D eigenvalue weighted by molar-refractivity contribution is 7.99. The number of anilines is 1. The molecular formula is C16H17N5O3S. The first kappa shape index (κ1) is 17.1. The van der Waals surface area contributed by atoms with E-state index in [4.69, 9.17) is 14.7 Å². The molecule has 1 aliphatic rings. The third-order valence-electron chi connectivity index (χ3n) is 3.58. The molecule has 0 bridgehead atoms. The smallest absolute Gasteiger partial charge is 0.237 e. The average Bonchev–Trinajstić information content (AvgIpc) is 3.05. The Morgan fingerprint density at radius 1 is 1.40 bits per heavy atom. The van der Waals surface area contributed by atoms with Gasteiger partial charge in [-0.1, -0.05) is 11.8 Å². The third-order valence-corrected chi connectivity index (χ3v) is 4.60. The Hall–Kier alpha value is -2.73. The first-order valence-corrected chi connectivity index (χ1v) is 8.71. The van der Waals surface area contributed by atoms with Crippen LogP contribution in [0.25, 0.3) is 0 Å². The van der Waals surface area contributed by atoms with Crippen LogP contribution in [0.2, 0.25) is 0 Å². The van der Waals surface area contributed by atoms with Crippen molar-refractivity contribution >= 4 is 23.4 Å². The van der Waals surface area contributed by atoms with Crippen molar-refractivity contribution in [3.05, 3.63) is 24.5 Å². The molecule has 0 atom stereocenters. The summed E-state index contributed by atoms with van der Waals surface area (Å²) in [4.78, 5) is 14.3. The summed E-state index contributed by atoms with van der Waals surface area (Å²) in [5.41, 5.74) is 0.683. The van der Waals surface area contributed by atoms with Gasteiger partial charge in [0, 0.05) is 25.3 Å². The van der Waals surface area contributed by atoms with Gasteiger partial charge in [-0.3, -0.25) is 4.79 Å². The van der Waals surface area contributed by atoms with E-state index in [9.17, 15) is 4.79 Å². The quantitative estimate of drug-likeness (QED) is 0.724. The van der Waals surface area contributed by atoms with Crippen molar-refractivity contribution in [2.24, 2.45) is 7.05 Å². The molecule has 0 unspecified atom stereocenters. The maximum Gasteiger partial charge on any atom is 0.237 e. The number of carbonyl (C=O) groups excluding carboxylic acids is 1. The van der Waals surface area contributed by atoms with Crippen molar-refractivity contribution < 1.29 is 14.3 Å². The van der Waals surface area contributed by atoms with E-state index in [1.807, 2.05) is 7.05 Å². The van der Waals surface area contributed by atoms with Gasteiger partial charge in [0.15, 0.2) is 16.7 Å². The number of nitrogens with zero attached hydrogens (tertiary/aromatic N) is 5. The molecule has 9 heteroatoms. The van der Waals surface area contributed by atoms with Crippen LogP contribution in [0.1, 0.15) is 6.42 Å². The number of aryl methyl sites for hydroxylation is 1. The molecule has 1 aromatic carbocycles. The lowest BCUT2D eigenvalue weighted by Crippen LogP contribution is -2.33. The fourth-order valence-corrected chi connectivity index (χ4v) is 3.13. The summed E-state index contributed by atoms with van der Waals surface area (Å²) in [5.74, 6) is 1.36. The molecule has 1 amide bonds. The highest BCUT2D eigenvalue weighted by Crippen LogP contribution is 2.34. The van der Waals surface area contributed by atoms with Gasteiger partial charge in [-0.15, -0.1) is 10.2 Å². The zero-order valence-electron chi connectivity index (χ0n) is 13.7. The predicted molar refractivity (Wildman–Crippen MR) is 91.7 cm³/mol. The van der Waals surface area contributed by atoms with Crippen LogP contribution in [-0.2, 0) is 11.8 Å². The number of hydrogen-bond donors (Lipinski definition) is 0. The number of rotatable bonds is 6. The van der Waals surface area contributed by atoms with Gasteiger partial charge in [0.05, 0.1) is 18.2 Å². The number of aromatic nitrogens is 3. The van der Waals surface area contributed by atoms with E-state index >= 15 is 0 Å². The lowest BCUT2D eigenvalue weighted by molar-refractivity contribution is -0.116. The summed E-state index contributed by atoms with van der Waals surface area (Å²) in [7, 11) is 1.82. The zero-order chi connectivity index (χ0) is 17.6. The van der Waals surface area contributed by atoms with Gasteiger partial charge in [-0.05, 0) is 12.1 Å². The fraction of sp³-hybridized carbons (Fsp3) is 0.375. The molecule has 0 spiro atoms. The number of nitriles is 1. The van der Waals surface area contributed by atoms with Gasteiger partial charge in [-0.25, -0.2) is 0 Å². The number of fused-ring (bicyclic) bond motifs is 1. The maximum absolute atomic E-state index is 12.7. The number of amides is 1. The van der Waals surface area contributed by atoms with Crippen LogP contribution in [0, 0.1) is 11.3 Å². The van der Waals surface area contributed by atoms with Crippen molar-refractivity contribution in [3.8, 4) is 17.6 Å². The topological polar surface area (TPSA) is 93.3 Å². The molecule has 0 N–H and O–H groups in total. The first-order chi connectivity index (χ1) is 12.2. The molecule has 130 valence electrons. The molecule has 3 rings (SSSR count). The number of carbonyl (C=O) groups is 1. The van der Waals surface area contributed by atoms with Crippen LogP contribution in [0.3, 0.4) is 0 Å². The number of thioether (sulfide) groups is 1. The van der Waals surface area contributed by atoms with Crippen molar-refractivity contribution in [1.82, 2.24) is 14.8 Å². The monoisotopic (exact) mass is 359 g/mol. The van der Waals surface area contributed by atoms with Crippen LogP contribution in [0.15, 0.2) is 29.7 Å². The predicted octanol–water partition coefficient (Wildman–Crippen LogP) is 1.63. The van der Waals surface area contributed by atoms with E-state index in [1.54, 1.807) is 34.0 Å². The second kappa shape index (κ2) is 7.90. The second-order valence-electron chi connectivity index (χ2n) is 5.29. The SMILES string of the molecule is Cn1cnnc1SCC(=O)N(CCC#N)c1ccc2c(c1)OCCO2. The minimum atomic E-state index is -0.111. The van der Waals surface area contributed by atoms with E-state index < -0.39 is 0 Å². The third kappa shape index (κ3) is 4.03. The Morgan fingerprint density at radius 3 is 2.92 bits per heavy atom. The summed E-state index contributed by atoms with van der Waals surface area (Å²) in [6.07, 6.45) is 1.83. The first-order valence-electron chi connectivity index (χ1n) is 7.73. The van der Waals surface area contributed by atoms with E-state index in [0.29, 0.717) is 42.1 Å². The minimum absolute atomic E-state index is 0.111. The Kier molecular flexibility index (Phi) is 5.40. The van der Waals surface area contributed by atoms with Gasteiger partial charge in [0.1, 0.15) is 19.5 Å². The van der Waals surface area contributed by atoms with Crippen LogP contribution >= 0.6 is 11.8 Å². The Labute approximate surface area is 149 Å². The van der Waals surface area contributed by atoms with E-state index in [-0.39, 0.29) is 18.1 Å². The molecule has 25 heavy (non-hydrogen) atoms. The summed E-state index contributed by atoms with van der Waals surface area (Å²) >= 11 is 1.31. The van der Waals surface area contributed by atoms with E-state index in [0.717, 1.165) is 0 Å². The van der Waals surface area contributed by atoms with Crippen molar-refractivity contribution in [3.63, 3.8) is 0 Å². The molecule has 0 fully saturated rings. The molecule has 8 nitrogen and oxygen atoms in total. The van der Waals surface area contributed by atoms with Gasteiger partial charge < -0.3 is 18.9 Å². The Balaban J connectivity index is 1.75. The van der Waals surface area contributed by atoms with Gasteiger partial charge in [0.2, 0.25) is 5.91 Å². The number of hydrogen-bond acceptors (Lipinski definition) is 7. The summed E-state index contributed by atoms with van der Waals surface area (Å²) in [6.45, 7) is 1.30. The van der Waals surface area contributed by atoms with Crippen molar-refractivity contribution in [2.45, 2.75) is 11.6 Å². The second-order valence-corrected chi connectivity index (χ2v) is 6.24. The maximum atomic E-state index is 12.7. The highest BCUT2D eigenvalue weighted by atomic mass is 32.2. The minimum Gasteiger partial charge on any atom is -0.486 e. The van der Waals surface area contributed by atoms with Gasteiger partial charge >= 0.3 is 0 Å². The number of benzene rings is 1. The van der Waals surface area contributed by atoms with Crippen LogP contribution in [0.4, 0.5) is 5.69 Å².